The van der Waals surface area contributed by atoms with Crippen molar-refractivity contribution < 1.29 is 14.3 Å². The van der Waals surface area contributed by atoms with Crippen molar-refractivity contribution in [3.63, 3.8) is 0 Å². The van der Waals surface area contributed by atoms with E-state index in [0.717, 1.165) is 44.0 Å². The number of carbonyl (C=O) groups is 1. The second kappa shape index (κ2) is 10.8. The highest BCUT2D eigenvalue weighted by Crippen LogP contribution is 2.17. The zero-order valence-corrected chi connectivity index (χ0v) is 16.4. The van der Waals surface area contributed by atoms with Crippen LogP contribution in [0.4, 0.5) is 0 Å². The number of nitrogens with zero attached hydrogens (tertiary/aromatic N) is 6. The highest BCUT2D eigenvalue weighted by molar-refractivity contribution is 5.69. The molecule has 0 saturated carbocycles. The Kier molecular flexibility index (Phi) is 7.86. The fraction of sp³-hybridized carbons (Fsp3) is 0.632. The van der Waals surface area contributed by atoms with E-state index >= 15 is 0 Å². The van der Waals surface area contributed by atoms with Crippen LogP contribution in [0.15, 0.2) is 24.5 Å². The van der Waals surface area contributed by atoms with Crippen LogP contribution in [-0.2, 0) is 33.9 Å². The minimum atomic E-state index is -0.194. The lowest BCUT2D eigenvalue weighted by Gasteiger charge is -2.24. The number of tetrazole rings is 1. The largest absolute Gasteiger partial charge is 0.466 e. The zero-order valence-electron chi connectivity index (χ0n) is 16.4. The van der Waals surface area contributed by atoms with Gasteiger partial charge in [-0.2, -0.15) is 0 Å². The molecule has 1 aliphatic heterocycles. The Balaban J connectivity index is 1.64. The summed E-state index contributed by atoms with van der Waals surface area (Å²) < 4.78 is 12.4. The first-order valence-electron chi connectivity index (χ1n) is 9.84. The molecule has 0 bridgehead atoms. The van der Waals surface area contributed by atoms with Gasteiger partial charge in [0.1, 0.15) is 0 Å². The van der Waals surface area contributed by atoms with Gasteiger partial charge in [0.2, 0.25) is 0 Å². The molecule has 0 aliphatic carbocycles. The summed E-state index contributed by atoms with van der Waals surface area (Å²) in [6.07, 6.45) is 5.97. The molecular weight excluding hydrogens is 360 g/mol. The van der Waals surface area contributed by atoms with E-state index in [1.54, 1.807) is 6.20 Å². The van der Waals surface area contributed by atoms with Crippen molar-refractivity contribution >= 4 is 5.97 Å². The van der Waals surface area contributed by atoms with Crippen molar-refractivity contribution in [1.82, 2.24) is 30.1 Å². The van der Waals surface area contributed by atoms with E-state index in [1.807, 2.05) is 29.9 Å². The topological polar surface area (TPSA) is 95.3 Å². The average Bonchev–Trinajstić information content (AvgIpc) is 3.14. The van der Waals surface area contributed by atoms with Crippen molar-refractivity contribution in [1.29, 1.82) is 0 Å². The SMILES string of the molecule is CCOC(=O)CCN(Cc1cccnc1)Cc1nnnn1CC1CCOCC1. The number of esters is 1. The third-order valence-corrected chi connectivity index (χ3v) is 4.81. The molecule has 1 saturated heterocycles. The number of pyridine rings is 1. The van der Waals surface area contributed by atoms with Crippen molar-refractivity contribution in [3.05, 3.63) is 35.9 Å². The predicted molar refractivity (Wildman–Crippen MR) is 101 cm³/mol. The van der Waals surface area contributed by atoms with E-state index in [9.17, 15) is 4.79 Å². The third kappa shape index (κ3) is 6.35. The average molecular weight is 388 g/mol. The number of hydrogen-bond donors (Lipinski definition) is 0. The Labute approximate surface area is 165 Å². The number of carbonyl (C=O) groups excluding carboxylic acids is 1. The van der Waals surface area contributed by atoms with Gasteiger partial charge >= 0.3 is 5.97 Å². The van der Waals surface area contributed by atoms with Gasteiger partial charge in [0.05, 0.1) is 19.6 Å². The van der Waals surface area contributed by atoms with Gasteiger partial charge in [0, 0.05) is 45.2 Å². The first-order chi connectivity index (χ1) is 13.7. The summed E-state index contributed by atoms with van der Waals surface area (Å²) in [7, 11) is 0. The molecule has 9 heteroatoms. The summed E-state index contributed by atoms with van der Waals surface area (Å²) >= 11 is 0. The molecule has 2 aromatic heterocycles. The van der Waals surface area contributed by atoms with E-state index in [1.165, 1.54) is 0 Å². The molecule has 1 fully saturated rings. The van der Waals surface area contributed by atoms with Crippen LogP contribution in [-0.4, -0.2) is 62.4 Å². The van der Waals surface area contributed by atoms with Gasteiger partial charge in [-0.05, 0) is 47.7 Å². The molecule has 0 atom stereocenters. The summed E-state index contributed by atoms with van der Waals surface area (Å²) in [5.41, 5.74) is 1.08. The quantitative estimate of drug-likeness (QED) is 0.565. The van der Waals surface area contributed by atoms with Crippen molar-refractivity contribution in [2.24, 2.45) is 5.92 Å². The molecule has 2 aromatic rings. The van der Waals surface area contributed by atoms with E-state index in [2.05, 4.69) is 25.4 Å². The molecule has 0 aromatic carbocycles. The van der Waals surface area contributed by atoms with E-state index in [4.69, 9.17) is 9.47 Å². The van der Waals surface area contributed by atoms with Crippen LogP contribution in [0, 0.1) is 5.92 Å². The van der Waals surface area contributed by atoms with Gasteiger partial charge in [-0.3, -0.25) is 14.7 Å². The smallest absolute Gasteiger partial charge is 0.307 e. The van der Waals surface area contributed by atoms with Gasteiger partial charge < -0.3 is 9.47 Å². The standard InChI is InChI=1S/C19H28N6O3/c1-2-28-19(26)5-9-24(13-17-4-3-8-20-12-17)15-18-21-22-23-25(18)14-16-6-10-27-11-7-16/h3-4,8,12,16H,2,5-7,9-11,13-15H2,1H3. The summed E-state index contributed by atoms with van der Waals surface area (Å²) in [5, 5.41) is 12.3. The monoisotopic (exact) mass is 388 g/mol. The number of hydrogen-bond acceptors (Lipinski definition) is 8. The summed E-state index contributed by atoms with van der Waals surface area (Å²) in [5.74, 6) is 1.14. The van der Waals surface area contributed by atoms with Gasteiger partial charge in [-0.15, -0.1) is 5.10 Å². The Hall–Kier alpha value is -2.39. The highest BCUT2D eigenvalue weighted by Gasteiger charge is 2.19. The molecule has 0 unspecified atom stereocenters. The van der Waals surface area contributed by atoms with Gasteiger partial charge in [0.25, 0.3) is 0 Å². The lowest BCUT2D eigenvalue weighted by Crippen LogP contribution is -2.29. The molecule has 0 spiro atoms. The zero-order chi connectivity index (χ0) is 19.6. The second-order valence-electron chi connectivity index (χ2n) is 6.96. The maximum Gasteiger partial charge on any atom is 0.307 e. The van der Waals surface area contributed by atoms with E-state index in [0.29, 0.717) is 38.6 Å². The maximum absolute atomic E-state index is 11.8. The van der Waals surface area contributed by atoms with Crippen LogP contribution in [0.25, 0.3) is 0 Å². The lowest BCUT2D eigenvalue weighted by atomic mass is 10.0. The van der Waals surface area contributed by atoms with Crippen LogP contribution in [0.2, 0.25) is 0 Å². The van der Waals surface area contributed by atoms with Crippen molar-refractivity contribution in [2.75, 3.05) is 26.4 Å². The normalized spacial score (nSPS) is 15.1. The Morgan fingerprint density at radius 2 is 2.21 bits per heavy atom. The number of rotatable bonds is 10. The van der Waals surface area contributed by atoms with Crippen LogP contribution >= 0.6 is 0 Å². The molecule has 1 aliphatic rings. The van der Waals surface area contributed by atoms with Crippen LogP contribution in [0.1, 0.15) is 37.6 Å². The maximum atomic E-state index is 11.8. The predicted octanol–water partition coefficient (Wildman–Crippen LogP) is 1.45. The fourth-order valence-corrected chi connectivity index (χ4v) is 3.30. The minimum Gasteiger partial charge on any atom is -0.466 e. The molecule has 0 N–H and O–H groups in total. The van der Waals surface area contributed by atoms with Crippen LogP contribution < -0.4 is 0 Å². The molecular formula is C19H28N6O3. The summed E-state index contributed by atoms with van der Waals surface area (Å²) in [6.45, 7) is 6.40. The van der Waals surface area contributed by atoms with Crippen LogP contribution in [0.3, 0.4) is 0 Å². The van der Waals surface area contributed by atoms with E-state index < -0.39 is 0 Å². The number of aromatic nitrogens is 5. The Morgan fingerprint density at radius 3 is 2.96 bits per heavy atom. The van der Waals surface area contributed by atoms with Crippen LogP contribution in [0.5, 0.6) is 0 Å². The van der Waals surface area contributed by atoms with Crippen molar-refractivity contribution in [2.45, 2.75) is 45.8 Å². The minimum absolute atomic E-state index is 0.194. The van der Waals surface area contributed by atoms with E-state index in [-0.39, 0.29) is 5.97 Å². The molecule has 152 valence electrons. The highest BCUT2D eigenvalue weighted by atomic mass is 16.5. The lowest BCUT2D eigenvalue weighted by molar-refractivity contribution is -0.143. The molecule has 0 radical (unpaired) electrons. The van der Waals surface area contributed by atoms with Gasteiger partial charge in [-0.1, -0.05) is 6.07 Å². The summed E-state index contributed by atoms with van der Waals surface area (Å²) in [6, 6.07) is 3.93. The third-order valence-electron chi connectivity index (χ3n) is 4.81. The summed E-state index contributed by atoms with van der Waals surface area (Å²) in [4.78, 5) is 18.1. The van der Waals surface area contributed by atoms with Gasteiger partial charge in [0.15, 0.2) is 5.82 Å². The van der Waals surface area contributed by atoms with Gasteiger partial charge in [-0.25, -0.2) is 4.68 Å². The second-order valence-corrected chi connectivity index (χ2v) is 6.96. The first-order valence-corrected chi connectivity index (χ1v) is 9.84. The molecule has 9 nitrogen and oxygen atoms in total. The molecule has 28 heavy (non-hydrogen) atoms. The first kappa shape index (κ1) is 20.3. The Morgan fingerprint density at radius 1 is 1.36 bits per heavy atom. The molecule has 0 amide bonds. The van der Waals surface area contributed by atoms with Crippen molar-refractivity contribution in [3.8, 4) is 0 Å². The Bertz CT molecular complexity index is 717. The number of ether oxygens (including phenoxy) is 2. The molecule has 3 heterocycles. The molecule has 3 rings (SSSR count). The fourth-order valence-electron chi connectivity index (χ4n) is 3.30.